The minimum absolute atomic E-state index is 0.00828. The van der Waals surface area contributed by atoms with Crippen molar-refractivity contribution in [1.82, 2.24) is 9.47 Å². The highest BCUT2D eigenvalue weighted by atomic mass is 16.5. The lowest BCUT2D eigenvalue weighted by Crippen LogP contribution is -2.42. The molecule has 1 aliphatic rings. The van der Waals surface area contributed by atoms with E-state index in [0.717, 1.165) is 23.7 Å². The van der Waals surface area contributed by atoms with E-state index in [1.165, 1.54) is 0 Å². The Morgan fingerprint density at radius 3 is 3.00 bits per heavy atom. The number of hydrogen-bond donors (Lipinski definition) is 1. The number of carbonyl (C=O) groups is 1. The van der Waals surface area contributed by atoms with Crippen molar-refractivity contribution < 1.29 is 14.6 Å². The Labute approximate surface area is 130 Å². The molecule has 22 heavy (non-hydrogen) atoms. The minimum Gasteiger partial charge on any atom is -0.391 e. The second-order valence-electron chi connectivity index (χ2n) is 5.78. The number of fused-ring (bicyclic) bond motifs is 1. The highest BCUT2D eigenvalue weighted by Gasteiger charge is 2.25. The summed E-state index contributed by atoms with van der Waals surface area (Å²) in [5, 5.41) is 10.9. The predicted molar refractivity (Wildman–Crippen MR) is 85.0 cm³/mol. The van der Waals surface area contributed by atoms with Crippen LogP contribution in [0.1, 0.15) is 23.3 Å². The normalized spacial score (nSPS) is 18.8. The van der Waals surface area contributed by atoms with Crippen molar-refractivity contribution in [2.75, 3.05) is 26.8 Å². The van der Waals surface area contributed by atoms with Crippen LogP contribution in [0.2, 0.25) is 0 Å². The Kier molecular flexibility index (Phi) is 4.45. The first-order chi connectivity index (χ1) is 10.7. The van der Waals surface area contributed by atoms with E-state index in [1.807, 2.05) is 34.9 Å². The molecule has 2 aromatic rings. The number of hydrogen-bond acceptors (Lipinski definition) is 3. The molecule has 1 unspecified atom stereocenters. The number of piperidine rings is 1. The van der Waals surface area contributed by atoms with Gasteiger partial charge in [-0.2, -0.15) is 0 Å². The zero-order chi connectivity index (χ0) is 15.5. The van der Waals surface area contributed by atoms with Crippen LogP contribution in [0.3, 0.4) is 0 Å². The molecule has 1 saturated heterocycles. The van der Waals surface area contributed by atoms with Crippen LogP contribution in [0.15, 0.2) is 30.3 Å². The molecule has 1 aromatic heterocycles. The van der Waals surface area contributed by atoms with Crippen molar-refractivity contribution in [2.24, 2.45) is 0 Å². The van der Waals surface area contributed by atoms with E-state index >= 15 is 0 Å². The van der Waals surface area contributed by atoms with Gasteiger partial charge in [0.1, 0.15) is 5.69 Å². The molecule has 1 N–H and O–H groups in total. The second kappa shape index (κ2) is 6.50. The van der Waals surface area contributed by atoms with Gasteiger partial charge in [-0.05, 0) is 25.0 Å². The molecule has 0 aliphatic carbocycles. The molecule has 0 radical (unpaired) electrons. The number of amides is 1. The number of aliphatic hydroxyl groups is 1. The molecule has 1 aromatic carbocycles. The summed E-state index contributed by atoms with van der Waals surface area (Å²) in [7, 11) is 1.66. The van der Waals surface area contributed by atoms with Crippen molar-refractivity contribution in [1.29, 1.82) is 0 Å². The SMILES string of the molecule is COCCn1c(C(=O)N2CCCC(O)C2)cc2ccccc21. The number of methoxy groups -OCH3 is 1. The number of aromatic nitrogens is 1. The summed E-state index contributed by atoms with van der Waals surface area (Å²) in [4.78, 5) is 14.6. The van der Waals surface area contributed by atoms with Gasteiger partial charge in [-0.25, -0.2) is 0 Å². The molecule has 1 fully saturated rings. The predicted octanol–water partition coefficient (Wildman–Crippen LogP) is 1.88. The van der Waals surface area contributed by atoms with E-state index in [0.29, 0.717) is 31.9 Å². The fourth-order valence-corrected chi connectivity index (χ4v) is 3.11. The van der Waals surface area contributed by atoms with Gasteiger partial charge in [0.15, 0.2) is 0 Å². The first kappa shape index (κ1) is 15.1. The van der Waals surface area contributed by atoms with E-state index in [9.17, 15) is 9.90 Å². The standard InChI is InChI=1S/C17H22N2O3/c1-22-10-9-19-15-7-3-2-5-13(15)11-16(19)17(21)18-8-4-6-14(20)12-18/h2-3,5,7,11,14,20H,4,6,8-10,12H2,1H3. The number of nitrogens with zero attached hydrogens (tertiary/aromatic N) is 2. The maximum Gasteiger partial charge on any atom is 0.270 e. The molecular weight excluding hydrogens is 280 g/mol. The molecule has 3 rings (SSSR count). The fourth-order valence-electron chi connectivity index (χ4n) is 3.11. The Morgan fingerprint density at radius 2 is 2.23 bits per heavy atom. The Balaban J connectivity index is 1.95. The number of β-amino-alcohol motifs (C(OH)–C–C–N with tert-alkyl or cyclic N) is 1. The van der Waals surface area contributed by atoms with Crippen molar-refractivity contribution in [2.45, 2.75) is 25.5 Å². The van der Waals surface area contributed by atoms with Crippen LogP contribution in [0.4, 0.5) is 0 Å². The van der Waals surface area contributed by atoms with Gasteiger partial charge in [-0.15, -0.1) is 0 Å². The lowest BCUT2D eigenvalue weighted by Gasteiger charge is -2.30. The summed E-state index contributed by atoms with van der Waals surface area (Å²) < 4.78 is 7.19. The Morgan fingerprint density at radius 1 is 1.41 bits per heavy atom. The number of aliphatic hydroxyl groups excluding tert-OH is 1. The van der Waals surface area contributed by atoms with E-state index in [-0.39, 0.29) is 5.91 Å². The summed E-state index contributed by atoms with van der Waals surface area (Å²) in [6.07, 6.45) is 1.22. The average Bonchev–Trinajstić information content (AvgIpc) is 2.90. The van der Waals surface area contributed by atoms with Crippen molar-refractivity contribution in [3.63, 3.8) is 0 Å². The third-order valence-corrected chi connectivity index (χ3v) is 4.23. The van der Waals surface area contributed by atoms with Crippen LogP contribution in [-0.2, 0) is 11.3 Å². The summed E-state index contributed by atoms with van der Waals surface area (Å²) in [6.45, 7) is 2.33. The number of likely N-dealkylation sites (tertiary alicyclic amines) is 1. The third-order valence-electron chi connectivity index (χ3n) is 4.23. The molecule has 1 amide bonds. The minimum atomic E-state index is -0.408. The lowest BCUT2D eigenvalue weighted by molar-refractivity contribution is 0.0464. The topological polar surface area (TPSA) is 54.7 Å². The number of ether oxygens (including phenoxy) is 1. The van der Waals surface area contributed by atoms with E-state index < -0.39 is 6.10 Å². The van der Waals surface area contributed by atoms with Crippen LogP contribution < -0.4 is 0 Å². The number of benzene rings is 1. The lowest BCUT2D eigenvalue weighted by atomic mass is 10.1. The summed E-state index contributed by atoms with van der Waals surface area (Å²) in [6, 6.07) is 9.92. The van der Waals surface area contributed by atoms with Gasteiger partial charge in [0, 0.05) is 37.6 Å². The number of para-hydroxylation sites is 1. The second-order valence-corrected chi connectivity index (χ2v) is 5.78. The molecule has 0 bridgehead atoms. The smallest absolute Gasteiger partial charge is 0.270 e. The first-order valence-corrected chi connectivity index (χ1v) is 7.75. The molecule has 5 heteroatoms. The zero-order valence-corrected chi connectivity index (χ0v) is 12.9. The molecule has 0 spiro atoms. The van der Waals surface area contributed by atoms with Crippen molar-refractivity contribution in [3.05, 3.63) is 36.0 Å². The highest BCUT2D eigenvalue weighted by Crippen LogP contribution is 2.22. The third kappa shape index (κ3) is 2.87. The highest BCUT2D eigenvalue weighted by molar-refractivity contribution is 5.98. The molecule has 0 saturated carbocycles. The molecule has 1 aliphatic heterocycles. The largest absolute Gasteiger partial charge is 0.391 e. The van der Waals surface area contributed by atoms with Gasteiger partial charge in [0.2, 0.25) is 0 Å². The Bertz CT molecular complexity index is 665. The van der Waals surface area contributed by atoms with Crippen molar-refractivity contribution >= 4 is 16.8 Å². The van der Waals surface area contributed by atoms with Crippen LogP contribution in [0.5, 0.6) is 0 Å². The number of carbonyl (C=O) groups excluding carboxylic acids is 1. The summed E-state index contributed by atoms with van der Waals surface area (Å²) in [5.74, 6) is -0.00828. The maximum absolute atomic E-state index is 12.9. The van der Waals surface area contributed by atoms with E-state index in [1.54, 1.807) is 12.0 Å². The van der Waals surface area contributed by atoms with Gasteiger partial charge in [0.05, 0.1) is 12.7 Å². The van der Waals surface area contributed by atoms with Crippen molar-refractivity contribution in [3.8, 4) is 0 Å². The quantitative estimate of drug-likeness (QED) is 0.938. The molecule has 118 valence electrons. The molecular formula is C17H22N2O3. The van der Waals surface area contributed by atoms with Crippen LogP contribution in [0.25, 0.3) is 10.9 Å². The average molecular weight is 302 g/mol. The first-order valence-electron chi connectivity index (χ1n) is 7.75. The molecule has 1 atom stereocenters. The Hall–Kier alpha value is -1.85. The monoisotopic (exact) mass is 302 g/mol. The molecule has 5 nitrogen and oxygen atoms in total. The summed E-state index contributed by atoms with van der Waals surface area (Å²) >= 11 is 0. The van der Waals surface area contributed by atoms with E-state index in [4.69, 9.17) is 4.74 Å². The van der Waals surface area contributed by atoms with E-state index in [2.05, 4.69) is 0 Å². The van der Waals surface area contributed by atoms with Crippen LogP contribution >= 0.6 is 0 Å². The van der Waals surface area contributed by atoms with Gasteiger partial charge in [0.25, 0.3) is 5.91 Å². The van der Waals surface area contributed by atoms with Gasteiger partial charge >= 0.3 is 0 Å². The van der Waals surface area contributed by atoms with Crippen LogP contribution in [0, 0.1) is 0 Å². The maximum atomic E-state index is 12.9. The zero-order valence-electron chi connectivity index (χ0n) is 12.9. The fraction of sp³-hybridized carbons (Fsp3) is 0.471. The summed E-state index contributed by atoms with van der Waals surface area (Å²) in [5.41, 5.74) is 1.72. The molecule has 2 heterocycles. The van der Waals surface area contributed by atoms with Gasteiger partial charge in [-0.3, -0.25) is 4.79 Å². The van der Waals surface area contributed by atoms with Crippen LogP contribution in [-0.4, -0.2) is 53.4 Å². The van der Waals surface area contributed by atoms with Gasteiger partial charge in [-0.1, -0.05) is 18.2 Å². The van der Waals surface area contributed by atoms with Gasteiger partial charge < -0.3 is 19.3 Å². The number of rotatable bonds is 4.